The smallest absolute Gasteiger partial charge is 0.328 e. The molecule has 6 nitrogen and oxygen atoms in total. The first-order valence-electron chi connectivity index (χ1n) is 9.13. The van der Waals surface area contributed by atoms with Crippen LogP contribution < -0.4 is 16.6 Å². The molecule has 0 aliphatic rings. The molecule has 1 amide bonds. The van der Waals surface area contributed by atoms with Crippen molar-refractivity contribution in [3.05, 3.63) is 80.0 Å². The highest BCUT2D eigenvalue weighted by atomic mass is 35.5. The van der Waals surface area contributed by atoms with Crippen LogP contribution in [0.25, 0.3) is 10.9 Å². The van der Waals surface area contributed by atoms with Crippen molar-refractivity contribution in [3.63, 3.8) is 0 Å². The van der Waals surface area contributed by atoms with Gasteiger partial charge in [0, 0.05) is 18.0 Å². The van der Waals surface area contributed by atoms with E-state index < -0.39 is 11.2 Å². The number of hydrogen-bond donors (Lipinski definition) is 2. The van der Waals surface area contributed by atoms with Crippen molar-refractivity contribution in [1.82, 2.24) is 14.9 Å². The number of amides is 1. The van der Waals surface area contributed by atoms with Gasteiger partial charge in [-0.25, -0.2) is 4.79 Å². The van der Waals surface area contributed by atoms with Crippen molar-refractivity contribution in [3.8, 4) is 0 Å². The molecule has 0 saturated carbocycles. The molecule has 0 spiro atoms. The molecule has 0 radical (unpaired) electrons. The van der Waals surface area contributed by atoms with Crippen LogP contribution in [0, 0.1) is 5.92 Å². The molecule has 146 valence electrons. The SMILES string of the molecule is CC(C)[C@H](NC(=O)CCn1c(=O)[nH]c(=O)c2ccccc21)c1ccc(Cl)cc1. The average Bonchev–Trinajstić information content (AvgIpc) is 2.66. The zero-order valence-corrected chi connectivity index (χ0v) is 16.5. The summed E-state index contributed by atoms with van der Waals surface area (Å²) >= 11 is 5.95. The molecule has 0 saturated heterocycles. The summed E-state index contributed by atoms with van der Waals surface area (Å²) < 4.78 is 1.42. The second-order valence-corrected chi connectivity index (χ2v) is 7.46. The maximum Gasteiger partial charge on any atom is 0.328 e. The van der Waals surface area contributed by atoms with Crippen LogP contribution in [-0.4, -0.2) is 15.5 Å². The maximum atomic E-state index is 12.6. The second kappa shape index (κ2) is 8.44. The Morgan fingerprint density at radius 2 is 1.79 bits per heavy atom. The molecule has 0 bridgehead atoms. The van der Waals surface area contributed by atoms with Gasteiger partial charge in [-0.1, -0.05) is 49.7 Å². The lowest BCUT2D eigenvalue weighted by molar-refractivity contribution is -0.122. The van der Waals surface area contributed by atoms with Crippen LogP contribution in [0.4, 0.5) is 0 Å². The topological polar surface area (TPSA) is 84.0 Å². The molecular weight excluding hydrogens is 378 g/mol. The third-order valence-corrected chi connectivity index (χ3v) is 4.93. The third-order valence-electron chi connectivity index (χ3n) is 4.68. The predicted molar refractivity (Wildman–Crippen MR) is 111 cm³/mol. The van der Waals surface area contributed by atoms with E-state index in [1.54, 1.807) is 36.4 Å². The average molecular weight is 400 g/mol. The monoisotopic (exact) mass is 399 g/mol. The van der Waals surface area contributed by atoms with E-state index in [-0.39, 0.29) is 30.8 Å². The van der Waals surface area contributed by atoms with Crippen molar-refractivity contribution >= 4 is 28.4 Å². The molecular formula is C21H22ClN3O3. The van der Waals surface area contributed by atoms with Gasteiger partial charge in [0.05, 0.1) is 16.9 Å². The largest absolute Gasteiger partial charge is 0.349 e. The number of fused-ring (bicyclic) bond motifs is 1. The zero-order chi connectivity index (χ0) is 20.3. The lowest BCUT2D eigenvalue weighted by Gasteiger charge is -2.23. The van der Waals surface area contributed by atoms with E-state index >= 15 is 0 Å². The Morgan fingerprint density at radius 3 is 2.46 bits per heavy atom. The van der Waals surface area contributed by atoms with E-state index in [2.05, 4.69) is 10.3 Å². The predicted octanol–water partition coefficient (Wildman–Crippen LogP) is 3.25. The fraction of sp³-hybridized carbons (Fsp3) is 0.286. The van der Waals surface area contributed by atoms with Crippen LogP contribution in [-0.2, 0) is 11.3 Å². The maximum absolute atomic E-state index is 12.6. The highest BCUT2D eigenvalue weighted by Crippen LogP contribution is 2.23. The molecule has 2 aromatic carbocycles. The van der Waals surface area contributed by atoms with E-state index in [9.17, 15) is 14.4 Å². The zero-order valence-electron chi connectivity index (χ0n) is 15.7. The van der Waals surface area contributed by atoms with E-state index in [4.69, 9.17) is 11.6 Å². The number of nitrogens with one attached hydrogen (secondary N) is 2. The number of halogens is 1. The Labute approximate surface area is 167 Å². The Balaban J connectivity index is 1.77. The van der Waals surface area contributed by atoms with Gasteiger partial charge in [0.2, 0.25) is 5.91 Å². The van der Waals surface area contributed by atoms with Gasteiger partial charge in [-0.3, -0.25) is 19.1 Å². The summed E-state index contributed by atoms with van der Waals surface area (Å²) in [4.78, 5) is 39.0. The van der Waals surface area contributed by atoms with E-state index in [1.165, 1.54) is 4.57 Å². The molecule has 3 aromatic rings. The number of aromatic amines is 1. The summed E-state index contributed by atoms with van der Waals surface area (Å²) in [5.41, 5.74) is 0.542. The van der Waals surface area contributed by atoms with Gasteiger partial charge < -0.3 is 5.32 Å². The minimum Gasteiger partial charge on any atom is -0.349 e. The molecule has 7 heteroatoms. The Bertz CT molecular complexity index is 1100. The van der Waals surface area contributed by atoms with Crippen molar-refractivity contribution < 1.29 is 4.79 Å². The fourth-order valence-corrected chi connectivity index (χ4v) is 3.35. The first kappa shape index (κ1) is 19.9. The van der Waals surface area contributed by atoms with E-state index in [0.29, 0.717) is 15.9 Å². The van der Waals surface area contributed by atoms with Crippen molar-refractivity contribution in [2.45, 2.75) is 32.9 Å². The van der Waals surface area contributed by atoms with Gasteiger partial charge in [0.1, 0.15) is 0 Å². The van der Waals surface area contributed by atoms with E-state index in [0.717, 1.165) is 5.56 Å². The summed E-state index contributed by atoms with van der Waals surface area (Å²) in [6, 6.07) is 14.1. The lowest BCUT2D eigenvalue weighted by atomic mass is 9.96. The molecule has 0 fully saturated rings. The molecule has 3 rings (SSSR count). The number of H-pyrrole nitrogens is 1. The summed E-state index contributed by atoms with van der Waals surface area (Å²) in [6.45, 7) is 4.23. The van der Waals surface area contributed by atoms with Crippen LogP contribution >= 0.6 is 11.6 Å². The summed E-state index contributed by atoms with van der Waals surface area (Å²) in [5, 5.41) is 4.09. The number of carbonyl (C=O) groups is 1. The first-order valence-corrected chi connectivity index (χ1v) is 9.51. The van der Waals surface area contributed by atoms with Crippen LogP contribution in [0.15, 0.2) is 58.1 Å². The number of hydrogen-bond acceptors (Lipinski definition) is 3. The quantitative estimate of drug-likeness (QED) is 0.667. The van der Waals surface area contributed by atoms with Crippen LogP contribution in [0.2, 0.25) is 5.02 Å². The van der Waals surface area contributed by atoms with Crippen LogP contribution in [0.5, 0.6) is 0 Å². The molecule has 1 atom stereocenters. The van der Waals surface area contributed by atoms with E-state index in [1.807, 2.05) is 26.0 Å². The molecule has 0 aliphatic heterocycles. The number of benzene rings is 2. The number of aryl methyl sites for hydroxylation is 1. The number of rotatable bonds is 6. The normalized spacial score (nSPS) is 12.3. The number of aromatic nitrogens is 2. The van der Waals surface area contributed by atoms with Gasteiger partial charge in [-0.05, 0) is 35.7 Å². The molecule has 1 aromatic heterocycles. The summed E-state index contributed by atoms with van der Waals surface area (Å²) in [7, 11) is 0. The van der Waals surface area contributed by atoms with Crippen molar-refractivity contribution in [2.75, 3.05) is 0 Å². The van der Waals surface area contributed by atoms with Crippen LogP contribution in [0.1, 0.15) is 31.9 Å². The highest BCUT2D eigenvalue weighted by Gasteiger charge is 2.18. The molecule has 1 heterocycles. The molecule has 28 heavy (non-hydrogen) atoms. The highest BCUT2D eigenvalue weighted by molar-refractivity contribution is 6.30. The fourth-order valence-electron chi connectivity index (χ4n) is 3.23. The molecule has 0 unspecified atom stereocenters. The lowest BCUT2D eigenvalue weighted by Crippen LogP contribution is -2.35. The second-order valence-electron chi connectivity index (χ2n) is 7.02. The standard InChI is InChI=1S/C21H22ClN3O3/c1-13(2)19(14-7-9-15(22)10-8-14)23-18(26)11-12-25-17-6-4-3-5-16(17)20(27)24-21(25)28/h3-10,13,19H,11-12H2,1-2H3,(H,23,26)(H,24,27,28)/t19-/m0/s1. The Kier molecular flexibility index (Phi) is 5.99. The van der Waals surface area contributed by atoms with Gasteiger partial charge in [0.15, 0.2) is 0 Å². The first-order chi connectivity index (χ1) is 13.4. The molecule has 0 aliphatic carbocycles. The van der Waals surface area contributed by atoms with Crippen LogP contribution in [0.3, 0.4) is 0 Å². The van der Waals surface area contributed by atoms with Crippen molar-refractivity contribution in [2.24, 2.45) is 5.92 Å². The summed E-state index contributed by atoms with van der Waals surface area (Å²) in [5.74, 6) is 0.0117. The Hall–Kier alpha value is -2.86. The van der Waals surface area contributed by atoms with Gasteiger partial charge in [0.25, 0.3) is 5.56 Å². The Morgan fingerprint density at radius 1 is 1.11 bits per heavy atom. The van der Waals surface area contributed by atoms with Gasteiger partial charge >= 0.3 is 5.69 Å². The summed E-state index contributed by atoms with van der Waals surface area (Å²) in [6.07, 6.45) is 0.118. The van der Waals surface area contributed by atoms with Crippen molar-refractivity contribution in [1.29, 1.82) is 0 Å². The number of nitrogens with zero attached hydrogens (tertiary/aromatic N) is 1. The third kappa shape index (κ3) is 4.34. The van der Waals surface area contributed by atoms with Gasteiger partial charge in [-0.15, -0.1) is 0 Å². The number of carbonyl (C=O) groups excluding carboxylic acids is 1. The van der Waals surface area contributed by atoms with Gasteiger partial charge in [-0.2, -0.15) is 0 Å². The number of para-hydroxylation sites is 1. The molecule has 2 N–H and O–H groups in total. The minimum absolute atomic E-state index is 0.118. The minimum atomic E-state index is -0.519.